The number of aryl methyl sites for hydroxylation is 2. The third-order valence-corrected chi connectivity index (χ3v) is 6.54. The molecule has 0 radical (unpaired) electrons. The lowest BCUT2D eigenvalue weighted by molar-refractivity contribution is 0.884. The lowest BCUT2D eigenvalue weighted by Gasteiger charge is -2.12. The highest BCUT2D eigenvalue weighted by molar-refractivity contribution is 7.98. The second-order valence-electron chi connectivity index (χ2n) is 7.57. The molecule has 2 aromatic heterocycles. The molecule has 0 atom stereocenters. The third-order valence-electron chi connectivity index (χ3n) is 5.56. The number of thioether (sulfide) groups is 1. The van der Waals surface area contributed by atoms with E-state index < -0.39 is 0 Å². The van der Waals surface area contributed by atoms with Crippen LogP contribution in [0.3, 0.4) is 0 Å². The number of hydrogen-bond donors (Lipinski definition) is 0. The topological polar surface area (TPSA) is 43.6 Å². The van der Waals surface area contributed by atoms with Crippen molar-refractivity contribution in [3.8, 4) is 17.1 Å². The van der Waals surface area contributed by atoms with Crippen LogP contribution in [-0.2, 0) is 5.75 Å². The summed E-state index contributed by atoms with van der Waals surface area (Å²) in [6.07, 6.45) is 3.58. The van der Waals surface area contributed by atoms with E-state index in [0.717, 1.165) is 28.0 Å². The van der Waals surface area contributed by atoms with Gasteiger partial charge in [-0.15, -0.1) is 10.2 Å². The van der Waals surface area contributed by atoms with Crippen LogP contribution in [0.15, 0.2) is 90.3 Å². The number of nitrogens with zero attached hydrogens (tertiary/aromatic N) is 4. The average molecular weight is 423 g/mol. The van der Waals surface area contributed by atoms with Gasteiger partial charge in [-0.25, -0.2) is 0 Å². The van der Waals surface area contributed by atoms with E-state index in [0.29, 0.717) is 0 Å². The quantitative estimate of drug-likeness (QED) is 0.308. The van der Waals surface area contributed by atoms with Crippen molar-refractivity contribution in [1.82, 2.24) is 19.7 Å². The van der Waals surface area contributed by atoms with Gasteiger partial charge in [0.1, 0.15) is 0 Å². The Bertz CT molecular complexity index is 1350. The highest BCUT2D eigenvalue weighted by atomic mass is 32.2. The van der Waals surface area contributed by atoms with Gasteiger partial charge in [-0.2, -0.15) is 0 Å². The second-order valence-corrected chi connectivity index (χ2v) is 8.52. The monoisotopic (exact) mass is 422 g/mol. The van der Waals surface area contributed by atoms with Crippen molar-refractivity contribution in [3.05, 3.63) is 102 Å². The molecule has 0 aliphatic rings. The molecule has 0 unspecified atom stereocenters. The Morgan fingerprint density at radius 1 is 0.806 bits per heavy atom. The Kier molecular flexibility index (Phi) is 5.26. The van der Waals surface area contributed by atoms with Crippen LogP contribution in [0.1, 0.15) is 16.7 Å². The molecule has 0 aliphatic heterocycles. The summed E-state index contributed by atoms with van der Waals surface area (Å²) in [6, 6.07) is 25.4. The van der Waals surface area contributed by atoms with Gasteiger partial charge < -0.3 is 0 Å². The van der Waals surface area contributed by atoms with Crippen LogP contribution < -0.4 is 0 Å². The zero-order valence-electron chi connectivity index (χ0n) is 17.5. The van der Waals surface area contributed by atoms with E-state index in [-0.39, 0.29) is 0 Å². The van der Waals surface area contributed by atoms with Gasteiger partial charge >= 0.3 is 0 Å². The van der Waals surface area contributed by atoms with Gasteiger partial charge in [0, 0.05) is 23.7 Å². The maximum Gasteiger partial charge on any atom is 0.196 e. The van der Waals surface area contributed by atoms with Gasteiger partial charge in [0.2, 0.25) is 0 Å². The minimum Gasteiger partial charge on any atom is -0.270 e. The predicted octanol–water partition coefficient (Wildman–Crippen LogP) is 6.39. The summed E-state index contributed by atoms with van der Waals surface area (Å²) in [7, 11) is 0. The Labute approximate surface area is 186 Å². The van der Waals surface area contributed by atoms with Crippen LogP contribution in [0.4, 0.5) is 0 Å². The second kappa shape index (κ2) is 8.36. The van der Waals surface area contributed by atoms with E-state index in [9.17, 15) is 0 Å². The lowest BCUT2D eigenvalue weighted by atomic mass is 10.1. The predicted molar refractivity (Wildman–Crippen MR) is 128 cm³/mol. The first-order valence-corrected chi connectivity index (χ1v) is 11.2. The highest BCUT2D eigenvalue weighted by Crippen LogP contribution is 2.32. The molecule has 5 rings (SSSR count). The molecule has 0 saturated carbocycles. The van der Waals surface area contributed by atoms with Crippen LogP contribution in [0.5, 0.6) is 0 Å². The molecule has 31 heavy (non-hydrogen) atoms. The first-order chi connectivity index (χ1) is 15.2. The number of fused-ring (bicyclic) bond motifs is 1. The minimum atomic E-state index is 0.820. The zero-order valence-corrected chi connectivity index (χ0v) is 18.3. The minimum absolute atomic E-state index is 0.820. The van der Waals surface area contributed by atoms with Gasteiger partial charge in [-0.05, 0) is 65.6 Å². The summed E-state index contributed by atoms with van der Waals surface area (Å²) in [4.78, 5) is 4.15. The lowest BCUT2D eigenvalue weighted by Crippen LogP contribution is -2.01. The molecule has 2 heterocycles. The molecule has 152 valence electrons. The van der Waals surface area contributed by atoms with Crippen LogP contribution in [0.2, 0.25) is 0 Å². The van der Waals surface area contributed by atoms with Gasteiger partial charge in [0.05, 0.1) is 5.69 Å². The summed E-state index contributed by atoms with van der Waals surface area (Å²) >= 11 is 1.71. The molecule has 5 aromatic rings. The zero-order chi connectivity index (χ0) is 21.2. The largest absolute Gasteiger partial charge is 0.270 e. The first-order valence-electron chi connectivity index (χ1n) is 10.2. The molecular formula is C26H22N4S. The molecule has 3 aromatic carbocycles. The van der Waals surface area contributed by atoms with Crippen LogP contribution in [0, 0.1) is 13.8 Å². The molecule has 0 aliphatic carbocycles. The van der Waals surface area contributed by atoms with Gasteiger partial charge in [0.15, 0.2) is 11.0 Å². The normalized spacial score (nSPS) is 11.2. The number of benzene rings is 3. The Hall–Kier alpha value is -3.44. The van der Waals surface area contributed by atoms with E-state index in [2.05, 4.69) is 94.3 Å². The fourth-order valence-corrected chi connectivity index (χ4v) is 4.67. The standard InChI is InChI=1S/C26H22N4S/c1-18-10-11-23(16-19(18)2)30-25(21-12-14-27-15-13-21)28-29-26(30)31-17-22-8-5-7-20-6-3-4-9-24(20)22/h3-16H,17H2,1-2H3. The van der Waals surface area contributed by atoms with Gasteiger partial charge in [-0.1, -0.05) is 60.3 Å². The van der Waals surface area contributed by atoms with Crippen LogP contribution in [-0.4, -0.2) is 19.7 Å². The first kappa shape index (κ1) is 19.5. The number of rotatable bonds is 5. The Balaban J connectivity index is 1.57. The van der Waals surface area contributed by atoms with E-state index in [1.54, 1.807) is 24.2 Å². The van der Waals surface area contributed by atoms with Crippen molar-refractivity contribution in [2.75, 3.05) is 0 Å². The van der Waals surface area contributed by atoms with E-state index in [1.165, 1.54) is 27.5 Å². The van der Waals surface area contributed by atoms with Crippen molar-refractivity contribution < 1.29 is 0 Å². The number of hydrogen-bond acceptors (Lipinski definition) is 4. The van der Waals surface area contributed by atoms with Gasteiger partial charge in [-0.3, -0.25) is 9.55 Å². The Morgan fingerprint density at radius 3 is 2.45 bits per heavy atom. The summed E-state index contributed by atoms with van der Waals surface area (Å²) < 4.78 is 2.15. The van der Waals surface area contributed by atoms with Crippen molar-refractivity contribution in [1.29, 1.82) is 0 Å². The van der Waals surface area contributed by atoms with Crippen molar-refractivity contribution >= 4 is 22.5 Å². The molecule has 0 fully saturated rings. The van der Waals surface area contributed by atoms with E-state index >= 15 is 0 Å². The average Bonchev–Trinajstić information content (AvgIpc) is 3.24. The molecule has 0 saturated heterocycles. The van der Waals surface area contributed by atoms with Crippen molar-refractivity contribution in [2.24, 2.45) is 0 Å². The summed E-state index contributed by atoms with van der Waals surface area (Å²) in [5.74, 6) is 1.65. The fraction of sp³-hybridized carbons (Fsp3) is 0.115. The smallest absolute Gasteiger partial charge is 0.196 e. The third kappa shape index (κ3) is 3.84. The van der Waals surface area contributed by atoms with Gasteiger partial charge in [0.25, 0.3) is 0 Å². The SMILES string of the molecule is Cc1ccc(-n2c(SCc3cccc4ccccc34)nnc2-c2ccncc2)cc1C. The van der Waals surface area contributed by atoms with E-state index in [4.69, 9.17) is 0 Å². The summed E-state index contributed by atoms with van der Waals surface area (Å²) in [5, 5.41) is 12.5. The summed E-state index contributed by atoms with van der Waals surface area (Å²) in [6.45, 7) is 4.27. The van der Waals surface area contributed by atoms with Crippen LogP contribution >= 0.6 is 11.8 Å². The number of pyridine rings is 1. The molecule has 0 N–H and O–H groups in total. The Morgan fingerprint density at radius 2 is 1.61 bits per heavy atom. The molecule has 4 nitrogen and oxygen atoms in total. The van der Waals surface area contributed by atoms with E-state index in [1.807, 2.05) is 12.1 Å². The van der Waals surface area contributed by atoms with Crippen molar-refractivity contribution in [2.45, 2.75) is 24.8 Å². The maximum absolute atomic E-state index is 4.57. The van der Waals surface area contributed by atoms with Crippen molar-refractivity contribution in [3.63, 3.8) is 0 Å². The fourth-order valence-electron chi connectivity index (χ4n) is 3.71. The molecule has 0 bridgehead atoms. The maximum atomic E-state index is 4.57. The molecule has 5 heteroatoms. The van der Waals surface area contributed by atoms with Crippen LogP contribution in [0.25, 0.3) is 27.8 Å². The number of aromatic nitrogens is 4. The summed E-state index contributed by atoms with van der Waals surface area (Å²) in [5.41, 5.74) is 5.88. The molecule has 0 spiro atoms. The highest BCUT2D eigenvalue weighted by Gasteiger charge is 2.17. The molecule has 0 amide bonds. The molecular weight excluding hydrogens is 400 g/mol.